The fraction of sp³-hybridized carbons (Fsp3) is 0.450. The lowest BCUT2D eigenvalue weighted by molar-refractivity contribution is 0.414. The summed E-state index contributed by atoms with van der Waals surface area (Å²) in [6.45, 7) is 1.75. The van der Waals surface area contributed by atoms with Gasteiger partial charge in [-0.25, -0.2) is 13.4 Å². The van der Waals surface area contributed by atoms with Crippen molar-refractivity contribution in [3.05, 3.63) is 42.1 Å². The van der Waals surface area contributed by atoms with E-state index in [0.717, 1.165) is 18.7 Å². The third kappa shape index (κ3) is 5.13. The molecule has 0 spiro atoms. The van der Waals surface area contributed by atoms with Crippen LogP contribution in [0.25, 0.3) is 0 Å². The Hall–Kier alpha value is -2.28. The first-order chi connectivity index (χ1) is 13.0. The minimum atomic E-state index is -3.68. The van der Waals surface area contributed by atoms with Gasteiger partial charge in [0.1, 0.15) is 11.6 Å². The summed E-state index contributed by atoms with van der Waals surface area (Å²) in [4.78, 5) is 4.60. The number of nitrogens with zero attached hydrogens (tertiary/aromatic N) is 1. The Kier molecular flexibility index (Phi) is 6.21. The quantitative estimate of drug-likeness (QED) is 0.719. The van der Waals surface area contributed by atoms with E-state index in [-0.39, 0.29) is 4.90 Å². The lowest BCUT2D eigenvalue weighted by atomic mass is 10.1. The minimum absolute atomic E-state index is 0.226. The van der Waals surface area contributed by atoms with Gasteiger partial charge >= 0.3 is 0 Å². The first-order valence-electron chi connectivity index (χ1n) is 9.38. The summed E-state index contributed by atoms with van der Waals surface area (Å²) >= 11 is 0. The number of ether oxygens (including phenoxy) is 1. The highest BCUT2D eigenvalue weighted by Crippen LogP contribution is 2.24. The fourth-order valence-electron chi connectivity index (χ4n) is 3.43. The molecule has 0 saturated heterocycles. The van der Waals surface area contributed by atoms with Gasteiger partial charge in [-0.05, 0) is 55.7 Å². The largest absolute Gasteiger partial charge is 0.497 e. The Bertz CT molecular complexity index is 859. The van der Waals surface area contributed by atoms with E-state index in [1.807, 2.05) is 6.07 Å². The molecule has 146 valence electrons. The summed E-state index contributed by atoms with van der Waals surface area (Å²) in [5, 5.41) is 3.46. The lowest BCUT2D eigenvalue weighted by Gasteiger charge is -2.17. The summed E-state index contributed by atoms with van der Waals surface area (Å²) in [7, 11) is -2.13. The van der Waals surface area contributed by atoms with Gasteiger partial charge in [-0.2, -0.15) is 0 Å². The molecule has 27 heavy (non-hydrogen) atoms. The van der Waals surface area contributed by atoms with Crippen molar-refractivity contribution in [2.45, 2.75) is 56.4 Å². The van der Waals surface area contributed by atoms with Crippen molar-refractivity contribution < 1.29 is 13.2 Å². The Morgan fingerprint density at radius 1 is 1.07 bits per heavy atom. The van der Waals surface area contributed by atoms with Crippen LogP contribution in [0.5, 0.6) is 5.75 Å². The van der Waals surface area contributed by atoms with Gasteiger partial charge in [0.15, 0.2) is 0 Å². The smallest absolute Gasteiger partial charge is 0.262 e. The van der Waals surface area contributed by atoms with Gasteiger partial charge < -0.3 is 10.1 Å². The van der Waals surface area contributed by atoms with E-state index < -0.39 is 10.0 Å². The van der Waals surface area contributed by atoms with Crippen LogP contribution >= 0.6 is 0 Å². The number of benzene rings is 1. The van der Waals surface area contributed by atoms with E-state index >= 15 is 0 Å². The third-order valence-corrected chi connectivity index (χ3v) is 6.44. The zero-order valence-electron chi connectivity index (χ0n) is 15.9. The standard InChI is InChI=1S/C20H27N3O3S/c1-15-13-18(26-2)10-11-19(15)27(24,25)23-17-9-12-20(21-14-17)22-16-7-5-3-4-6-8-16/h9-14,16,23H,3-8H2,1-2H3,(H,21,22). The predicted molar refractivity (Wildman–Crippen MR) is 108 cm³/mol. The molecular formula is C20H27N3O3S. The molecule has 0 atom stereocenters. The van der Waals surface area contributed by atoms with Crippen molar-refractivity contribution in [1.82, 2.24) is 4.98 Å². The number of aromatic nitrogens is 1. The highest BCUT2D eigenvalue weighted by molar-refractivity contribution is 7.92. The van der Waals surface area contributed by atoms with Crippen LogP contribution in [0.4, 0.5) is 11.5 Å². The second-order valence-electron chi connectivity index (χ2n) is 7.00. The number of methoxy groups -OCH3 is 1. The third-order valence-electron chi connectivity index (χ3n) is 4.89. The van der Waals surface area contributed by atoms with E-state index in [9.17, 15) is 8.42 Å². The maximum atomic E-state index is 12.7. The van der Waals surface area contributed by atoms with Crippen LogP contribution in [0.1, 0.15) is 44.1 Å². The lowest BCUT2D eigenvalue weighted by Crippen LogP contribution is -2.19. The molecule has 2 N–H and O–H groups in total. The molecule has 6 nitrogen and oxygen atoms in total. The summed E-state index contributed by atoms with van der Waals surface area (Å²) in [6, 6.07) is 8.90. The van der Waals surface area contributed by atoms with Gasteiger partial charge in [-0.3, -0.25) is 4.72 Å². The van der Waals surface area contributed by atoms with Crippen molar-refractivity contribution in [1.29, 1.82) is 0 Å². The van der Waals surface area contributed by atoms with Gasteiger partial charge in [-0.15, -0.1) is 0 Å². The molecule has 3 rings (SSSR count). The van der Waals surface area contributed by atoms with Gasteiger partial charge in [0, 0.05) is 6.04 Å². The highest BCUT2D eigenvalue weighted by atomic mass is 32.2. The second-order valence-corrected chi connectivity index (χ2v) is 8.65. The topological polar surface area (TPSA) is 80.3 Å². The zero-order chi connectivity index (χ0) is 19.3. The predicted octanol–water partition coefficient (Wildman–Crippen LogP) is 4.33. The number of nitrogens with one attached hydrogen (secondary N) is 2. The monoisotopic (exact) mass is 389 g/mol. The van der Waals surface area contributed by atoms with Crippen molar-refractivity contribution >= 4 is 21.5 Å². The molecule has 1 saturated carbocycles. The number of pyridine rings is 1. The van der Waals surface area contributed by atoms with Crippen molar-refractivity contribution in [2.75, 3.05) is 17.1 Å². The molecule has 0 radical (unpaired) electrons. The van der Waals surface area contributed by atoms with Crippen LogP contribution in [0.3, 0.4) is 0 Å². The fourth-order valence-corrected chi connectivity index (χ4v) is 4.70. The molecule has 1 aromatic carbocycles. The molecule has 0 amide bonds. The van der Waals surface area contributed by atoms with Gasteiger partial charge in [-0.1, -0.05) is 25.7 Å². The maximum Gasteiger partial charge on any atom is 0.262 e. The molecule has 1 aliphatic rings. The van der Waals surface area contributed by atoms with Crippen LogP contribution in [0, 0.1) is 6.92 Å². The maximum absolute atomic E-state index is 12.7. The Balaban J connectivity index is 1.68. The first kappa shape index (κ1) is 19.5. The molecular weight excluding hydrogens is 362 g/mol. The van der Waals surface area contributed by atoms with Crippen LogP contribution in [-0.2, 0) is 10.0 Å². The summed E-state index contributed by atoms with van der Waals surface area (Å²) in [5.74, 6) is 1.41. The van der Waals surface area contributed by atoms with Crippen molar-refractivity contribution in [3.8, 4) is 5.75 Å². The van der Waals surface area contributed by atoms with Gasteiger partial charge in [0.05, 0.1) is 23.9 Å². The number of hydrogen-bond acceptors (Lipinski definition) is 5. The van der Waals surface area contributed by atoms with E-state index in [4.69, 9.17) is 4.74 Å². The van der Waals surface area contributed by atoms with Crippen LogP contribution in [0.2, 0.25) is 0 Å². The summed E-state index contributed by atoms with van der Waals surface area (Å²) in [6.07, 6.45) is 8.97. The average molecular weight is 390 g/mol. The second kappa shape index (κ2) is 8.61. The molecule has 1 fully saturated rings. The number of rotatable bonds is 6. The van der Waals surface area contributed by atoms with Crippen LogP contribution < -0.4 is 14.8 Å². The van der Waals surface area contributed by atoms with E-state index in [0.29, 0.717) is 23.0 Å². The summed E-state index contributed by atoms with van der Waals surface area (Å²) in [5.41, 5.74) is 1.07. The molecule has 0 unspecified atom stereocenters. The van der Waals surface area contributed by atoms with Crippen LogP contribution in [-0.4, -0.2) is 26.6 Å². The molecule has 2 aromatic rings. The molecule has 1 aliphatic carbocycles. The molecule has 0 bridgehead atoms. The Morgan fingerprint density at radius 2 is 1.81 bits per heavy atom. The van der Waals surface area contributed by atoms with E-state index in [1.165, 1.54) is 25.7 Å². The molecule has 7 heteroatoms. The van der Waals surface area contributed by atoms with Crippen LogP contribution in [0.15, 0.2) is 41.4 Å². The molecule has 1 aromatic heterocycles. The minimum Gasteiger partial charge on any atom is -0.497 e. The normalized spacial score (nSPS) is 15.8. The first-order valence-corrected chi connectivity index (χ1v) is 10.9. The number of hydrogen-bond donors (Lipinski definition) is 2. The zero-order valence-corrected chi connectivity index (χ0v) is 16.7. The van der Waals surface area contributed by atoms with E-state index in [1.54, 1.807) is 44.5 Å². The molecule has 0 aliphatic heterocycles. The number of aryl methyl sites for hydroxylation is 1. The number of anilines is 2. The van der Waals surface area contributed by atoms with E-state index in [2.05, 4.69) is 15.0 Å². The van der Waals surface area contributed by atoms with Gasteiger partial charge in [0.25, 0.3) is 10.0 Å². The van der Waals surface area contributed by atoms with Crippen molar-refractivity contribution in [3.63, 3.8) is 0 Å². The Morgan fingerprint density at radius 3 is 2.41 bits per heavy atom. The Labute approximate surface area is 161 Å². The van der Waals surface area contributed by atoms with Gasteiger partial charge in [0.2, 0.25) is 0 Å². The van der Waals surface area contributed by atoms with Crippen molar-refractivity contribution in [2.24, 2.45) is 0 Å². The highest BCUT2D eigenvalue weighted by Gasteiger charge is 2.18. The molecule has 1 heterocycles. The number of sulfonamides is 1. The SMILES string of the molecule is COc1ccc(S(=O)(=O)Nc2ccc(NC3CCCCCC3)nc2)c(C)c1. The average Bonchev–Trinajstić information content (AvgIpc) is 2.91. The summed E-state index contributed by atoms with van der Waals surface area (Å²) < 4.78 is 33.1.